The molecule has 0 aliphatic heterocycles. The molecule has 4 nitrogen and oxygen atoms in total. The van der Waals surface area contributed by atoms with Gasteiger partial charge in [-0.25, -0.2) is 0 Å². The zero-order chi connectivity index (χ0) is 44.1. The fourth-order valence-electron chi connectivity index (χ4n) is 8.39. The molecule has 4 aromatic heterocycles. The number of pyridine rings is 2. The molecule has 0 N–H and O–H groups in total. The number of anilines is 6. The molecule has 6 heteroatoms. The maximum atomic E-state index is 4.31. The Morgan fingerprint density at radius 2 is 0.439 bits per heavy atom. The summed E-state index contributed by atoms with van der Waals surface area (Å²) >= 11 is 3.64. The number of hydrogen-bond donors (Lipinski definition) is 0. The Morgan fingerprint density at radius 1 is 0.212 bits per heavy atom. The van der Waals surface area contributed by atoms with Crippen LogP contribution in [0.3, 0.4) is 0 Å². The van der Waals surface area contributed by atoms with Crippen molar-refractivity contribution >= 4 is 56.8 Å². The standard InChI is InChI=1S/C60H42N4S2/c1-3-7-47(8-4-1)57-31-33-59(65-57)49-19-27-53(28-20-49)63(55-35-39-61-40-36-55)51-23-15-45(16-24-51)43-11-13-44(14-12-43)46-17-25-52(26-18-46)64(56-37-41-62-42-38-56)54-29-21-50(22-30-54)60-34-32-58(66-60)48-9-5-2-6-10-48/h1-42H. The summed E-state index contributed by atoms with van der Waals surface area (Å²) in [7, 11) is 0. The van der Waals surface area contributed by atoms with Crippen molar-refractivity contribution in [3.8, 4) is 64.0 Å². The molecule has 0 saturated carbocycles. The van der Waals surface area contributed by atoms with Crippen LogP contribution in [-0.2, 0) is 0 Å². The van der Waals surface area contributed by atoms with E-state index in [0.717, 1.165) is 45.3 Å². The van der Waals surface area contributed by atoms with Gasteiger partial charge >= 0.3 is 0 Å². The molecule has 7 aromatic carbocycles. The highest BCUT2D eigenvalue weighted by atomic mass is 32.1. The maximum Gasteiger partial charge on any atom is 0.0492 e. The van der Waals surface area contributed by atoms with Crippen molar-refractivity contribution in [2.45, 2.75) is 0 Å². The summed E-state index contributed by atoms with van der Waals surface area (Å²) in [6, 6.07) is 82.4. The van der Waals surface area contributed by atoms with Crippen molar-refractivity contribution in [1.82, 2.24) is 9.97 Å². The van der Waals surface area contributed by atoms with Crippen molar-refractivity contribution < 1.29 is 0 Å². The third kappa shape index (κ3) is 8.59. The van der Waals surface area contributed by atoms with E-state index in [1.54, 1.807) is 0 Å². The predicted octanol–water partition coefficient (Wildman–Crippen LogP) is 17.5. The Bertz CT molecular complexity index is 3070. The highest BCUT2D eigenvalue weighted by Crippen LogP contribution is 2.41. The summed E-state index contributed by atoms with van der Waals surface area (Å²) in [5, 5.41) is 0. The third-order valence-electron chi connectivity index (χ3n) is 11.8. The first-order valence-electron chi connectivity index (χ1n) is 21.9. The highest BCUT2D eigenvalue weighted by molar-refractivity contribution is 7.19. The molecule has 0 aliphatic rings. The van der Waals surface area contributed by atoms with E-state index in [-0.39, 0.29) is 0 Å². The molecule has 0 saturated heterocycles. The molecule has 0 aliphatic carbocycles. The smallest absolute Gasteiger partial charge is 0.0492 e. The van der Waals surface area contributed by atoms with Crippen molar-refractivity contribution in [3.63, 3.8) is 0 Å². The monoisotopic (exact) mass is 882 g/mol. The van der Waals surface area contributed by atoms with Crippen LogP contribution in [0.15, 0.2) is 255 Å². The Labute approximate surface area is 393 Å². The third-order valence-corrected chi connectivity index (χ3v) is 14.2. The van der Waals surface area contributed by atoms with Gasteiger partial charge < -0.3 is 9.80 Å². The average Bonchev–Trinajstić information content (AvgIpc) is 4.11. The molecular formula is C60H42N4S2. The zero-order valence-corrected chi connectivity index (χ0v) is 37.5. The van der Waals surface area contributed by atoms with E-state index in [1.165, 1.54) is 52.9 Å². The van der Waals surface area contributed by atoms with Crippen LogP contribution in [0.5, 0.6) is 0 Å². The summed E-state index contributed by atoms with van der Waals surface area (Å²) in [6.07, 6.45) is 7.39. The maximum absolute atomic E-state index is 4.31. The molecule has 0 unspecified atom stereocenters. The van der Waals surface area contributed by atoms with Gasteiger partial charge in [0.2, 0.25) is 0 Å². The van der Waals surface area contributed by atoms with Crippen molar-refractivity contribution in [3.05, 3.63) is 255 Å². The van der Waals surface area contributed by atoms with Crippen molar-refractivity contribution in [2.24, 2.45) is 0 Å². The Balaban J connectivity index is 0.806. The zero-order valence-electron chi connectivity index (χ0n) is 35.9. The van der Waals surface area contributed by atoms with Gasteiger partial charge in [0.05, 0.1) is 0 Å². The predicted molar refractivity (Wildman–Crippen MR) is 280 cm³/mol. The number of benzene rings is 7. The lowest BCUT2D eigenvalue weighted by Gasteiger charge is -2.25. The van der Waals surface area contributed by atoms with Crippen LogP contribution in [0, 0.1) is 0 Å². The van der Waals surface area contributed by atoms with Gasteiger partial charge in [-0.15, -0.1) is 22.7 Å². The Morgan fingerprint density at radius 3 is 0.727 bits per heavy atom. The fourth-order valence-corrected chi connectivity index (χ4v) is 10.4. The minimum Gasteiger partial charge on any atom is -0.310 e. The lowest BCUT2D eigenvalue weighted by Crippen LogP contribution is -2.09. The quantitative estimate of drug-likeness (QED) is 0.122. The number of aromatic nitrogens is 2. The summed E-state index contributed by atoms with van der Waals surface area (Å²) < 4.78 is 0. The van der Waals surface area contributed by atoms with E-state index >= 15 is 0 Å². The van der Waals surface area contributed by atoms with Crippen molar-refractivity contribution in [1.29, 1.82) is 0 Å². The first-order chi connectivity index (χ1) is 32.7. The molecule has 0 fully saturated rings. The van der Waals surface area contributed by atoms with Crippen LogP contribution in [0.2, 0.25) is 0 Å². The molecule has 0 atom stereocenters. The number of rotatable bonds is 12. The van der Waals surface area contributed by atoms with E-state index < -0.39 is 0 Å². The SMILES string of the molecule is c1ccc(-c2ccc(-c3ccc(N(c4ccncc4)c4ccc(-c5ccc(-c6ccc(N(c7ccncc7)c7ccc(-c8ccc(-c9ccccc9)s8)cc7)cc6)cc5)cc4)cc3)s2)cc1. The summed E-state index contributed by atoms with van der Waals surface area (Å²) in [5.74, 6) is 0. The van der Waals surface area contributed by atoms with Crippen LogP contribution >= 0.6 is 22.7 Å². The minimum absolute atomic E-state index is 1.05. The number of nitrogens with zero attached hydrogens (tertiary/aromatic N) is 4. The van der Waals surface area contributed by atoms with E-state index in [9.17, 15) is 0 Å². The van der Waals surface area contributed by atoms with Crippen LogP contribution < -0.4 is 9.80 Å². The summed E-state index contributed by atoms with van der Waals surface area (Å²) in [5.41, 5.74) is 16.0. The van der Waals surface area contributed by atoms with Gasteiger partial charge in [0.15, 0.2) is 0 Å². The molecule has 0 amide bonds. The molecule has 0 radical (unpaired) electrons. The van der Waals surface area contributed by atoms with Gasteiger partial charge in [-0.2, -0.15) is 0 Å². The van der Waals surface area contributed by atoms with E-state index in [2.05, 4.69) is 250 Å². The molecule has 66 heavy (non-hydrogen) atoms. The van der Waals surface area contributed by atoms with Gasteiger partial charge in [-0.1, -0.05) is 133 Å². The lowest BCUT2D eigenvalue weighted by atomic mass is 9.99. The van der Waals surface area contributed by atoms with E-state index in [0.29, 0.717) is 0 Å². The van der Waals surface area contributed by atoms with E-state index in [4.69, 9.17) is 0 Å². The van der Waals surface area contributed by atoms with Crippen molar-refractivity contribution in [2.75, 3.05) is 9.80 Å². The summed E-state index contributed by atoms with van der Waals surface area (Å²) in [6.45, 7) is 0. The second kappa shape index (κ2) is 18.5. The fraction of sp³-hybridized carbons (Fsp3) is 0. The average molecular weight is 883 g/mol. The van der Waals surface area contributed by atoms with Gasteiger partial charge in [0, 0.05) is 78.4 Å². The Kier molecular flexibility index (Phi) is 11.4. The normalized spacial score (nSPS) is 11.0. The first-order valence-corrected chi connectivity index (χ1v) is 23.6. The van der Waals surface area contributed by atoms with Gasteiger partial charge in [0.1, 0.15) is 0 Å². The first kappa shape index (κ1) is 40.6. The number of hydrogen-bond acceptors (Lipinski definition) is 6. The molecule has 11 rings (SSSR count). The second-order valence-corrected chi connectivity index (χ2v) is 18.1. The Hall–Kier alpha value is -8.16. The van der Waals surface area contributed by atoms with Crippen LogP contribution in [-0.4, -0.2) is 9.97 Å². The molecule has 11 aromatic rings. The largest absolute Gasteiger partial charge is 0.310 e. The van der Waals surface area contributed by atoms with E-state index in [1.807, 2.05) is 47.5 Å². The van der Waals surface area contributed by atoms with Gasteiger partial charge in [0.25, 0.3) is 0 Å². The molecule has 4 heterocycles. The van der Waals surface area contributed by atoms with Crippen LogP contribution in [0.25, 0.3) is 64.0 Å². The molecule has 0 bridgehead atoms. The van der Waals surface area contributed by atoms with Crippen LogP contribution in [0.1, 0.15) is 0 Å². The second-order valence-electron chi connectivity index (χ2n) is 15.9. The molecule has 0 spiro atoms. The van der Waals surface area contributed by atoms with Crippen LogP contribution in [0.4, 0.5) is 34.1 Å². The van der Waals surface area contributed by atoms with Gasteiger partial charge in [-0.05, 0) is 142 Å². The highest BCUT2D eigenvalue weighted by Gasteiger charge is 2.16. The summed E-state index contributed by atoms with van der Waals surface area (Å²) in [4.78, 5) is 18.2. The lowest BCUT2D eigenvalue weighted by molar-refractivity contribution is 1.24. The topological polar surface area (TPSA) is 32.3 Å². The molecule has 314 valence electrons. The number of thiophene rings is 2. The molecular weight excluding hydrogens is 841 g/mol. The minimum atomic E-state index is 1.05. The van der Waals surface area contributed by atoms with Gasteiger partial charge in [-0.3, -0.25) is 9.97 Å².